The van der Waals surface area contributed by atoms with Gasteiger partial charge >= 0.3 is 11.9 Å². The van der Waals surface area contributed by atoms with Gasteiger partial charge in [-0.3, -0.25) is 9.59 Å². The summed E-state index contributed by atoms with van der Waals surface area (Å²) in [6.07, 6.45) is 30.3. The van der Waals surface area contributed by atoms with Gasteiger partial charge in [-0.2, -0.15) is 9.97 Å². The molecule has 4 aliphatic carbocycles. The van der Waals surface area contributed by atoms with Crippen LogP contribution in [0.5, 0.6) is 0 Å². The lowest BCUT2D eigenvalue weighted by molar-refractivity contribution is -0.155. The molecule has 0 saturated heterocycles. The minimum Gasteiger partial charge on any atom is -0.481 e. The van der Waals surface area contributed by atoms with Crippen molar-refractivity contribution < 1.29 is 28.5 Å². The number of nitrogens with zero attached hydrogens (tertiary/aromatic N) is 4. The number of carboxylic acid groups (broad SMARTS) is 1. The minimum absolute atomic E-state index is 0.0591. The van der Waals surface area contributed by atoms with Crippen LogP contribution in [-0.2, 0) is 27.4 Å². The van der Waals surface area contributed by atoms with Gasteiger partial charge in [-0.15, -0.1) is 0 Å². The number of esters is 1. The van der Waals surface area contributed by atoms with Crippen molar-refractivity contribution in [3.63, 3.8) is 0 Å². The molecular weight excluding hydrogens is 709 g/mol. The van der Waals surface area contributed by atoms with Gasteiger partial charge in [0, 0.05) is 23.9 Å². The first-order valence-electron chi connectivity index (χ1n) is 22.6. The molecule has 2 aromatic rings. The summed E-state index contributed by atoms with van der Waals surface area (Å²) in [5, 5.41) is 24.5. The molecule has 0 radical (unpaired) electrons. The average molecular weight is 783 g/mol. The average Bonchev–Trinajstić information content (AvgIpc) is 4.02. The fourth-order valence-corrected chi connectivity index (χ4v) is 9.42. The van der Waals surface area contributed by atoms with Crippen molar-refractivity contribution in [1.29, 1.82) is 0 Å². The van der Waals surface area contributed by atoms with E-state index in [1.54, 1.807) is 0 Å². The highest BCUT2D eigenvalue weighted by molar-refractivity contribution is 5.70. The topological polar surface area (TPSA) is 166 Å². The zero-order valence-electron chi connectivity index (χ0n) is 35.0. The van der Waals surface area contributed by atoms with Crippen molar-refractivity contribution in [3.05, 3.63) is 23.4 Å². The van der Waals surface area contributed by atoms with Crippen LogP contribution >= 0.6 is 0 Å². The van der Waals surface area contributed by atoms with E-state index in [1.165, 1.54) is 128 Å². The van der Waals surface area contributed by atoms with Crippen LogP contribution in [0.2, 0.25) is 0 Å². The van der Waals surface area contributed by atoms with Crippen molar-refractivity contribution in [2.75, 3.05) is 0 Å². The van der Waals surface area contributed by atoms with Crippen LogP contribution in [0.15, 0.2) is 9.05 Å². The Morgan fingerprint density at radius 3 is 1.48 bits per heavy atom. The summed E-state index contributed by atoms with van der Waals surface area (Å²) in [4.78, 5) is 32.9. The summed E-state index contributed by atoms with van der Waals surface area (Å²) in [5.41, 5.74) is -0.477. The lowest BCUT2D eigenvalue weighted by Gasteiger charge is -2.23. The number of nitrogens with one attached hydrogen (secondary N) is 2. The number of hydrogen-bond acceptors (Lipinski definition) is 11. The number of ether oxygens (including phenoxy) is 1. The van der Waals surface area contributed by atoms with Crippen molar-refractivity contribution in [2.24, 2.45) is 11.8 Å². The van der Waals surface area contributed by atoms with Gasteiger partial charge in [-0.05, 0) is 71.1 Å². The third kappa shape index (κ3) is 16.5. The molecule has 0 unspecified atom stereocenters. The Bertz CT molecular complexity index is 1400. The maximum Gasteiger partial charge on any atom is 0.307 e. The predicted octanol–water partition coefficient (Wildman–Crippen LogP) is 10.1. The van der Waals surface area contributed by atoms with Crippen LogP contribution in [0.4, 0.5) is 0 Å². The van der Waals surface area contributed by atoms with E-state index in [2.05, 4.69) is 30.9 Å². The van der Waals surface area contributed by atoms with Gasteiger partial charge in [-0.25, -0.2) is 0 Å². The Morgan fingerprint density at radius 1 is 0.661 bits per heavy atom. The van der Waals surface area contributed by atoms with Crippen molar-refractivity contribution in [3.8, 4) is 0 Å². The maximum atomic E-state index is 12.5. The van der Waals surface area contributed by atoms with E-state index in [0.717, 1.165) is 37.5 Å². The Morgan fingerprint density at radius 2 is 1.07 bits per heavy atom. The molecule has 12 nitrogen and oxygen atoms in total. The molecule has 2 heterocycles. The Kier molecular flexibility index (Phi) is 18.6. The number of aromatic nitrogens is 4. The maximum absolute atomic E-state index is 12.5. The second-order valence-electron chi connectivity index (χ2n) is 18.5. The van der Waals surface area contributed by atoms with Crippen LogP contribution in [0.1, 0.15) is 223 Å². The summed E-state index contributed by atoms with van der Waals surface area (Å²) < 4.78 is 16.6. The van der Waals surface area contributed by atoms with Gasteiger partial charge in [0.25, 0.3) is 0 Å². The second-order valence-corrected chi connectivity index (χ2v) is 18.5. The van der Waals surface area contributed by atoms with E-state index in [-0.39, 0.29) is 24.2 Å². The van der Waals surface area contributed by atoms with E-state index in [1.807, 2.05) is 20.8 Å². The Hall–Kier alpha value is -2.86. The molecule has 2 aromatic heterocycles. The number of carboxylic acids is 1. The standard InChI is InChI=1S/C24H41N3O3.C20H33N3O3/c1-24(2,3)29-22(28)16-19(13-9-12-18-10-5-4-6-11-18)23-26-21(27-30-23)17-25-20-14-7-8-15-20;24-19(25)13-16(10-6-9-15-7-2-1-3-8-15)20-22-18(23-26-20)14-21-17-11-4-5-12-17/h18-20,25H,4-17H2,1-3H3;15-17,21H,1-14H2,(H,24,25)/t19-;16-/m11/s1. The number of carbonyl (C=O) groups is 2. The highest BCUT2D eigenvalue weighted by atomic mass is 16.6. The molecule has 4 aliphatic rings. The molecule has 316 valence electrons. The molecule has 4 fully saturated rings. The van der Waals surface area contributed by atoms with Crippen LogP contribution in [0.25, 0.3) is 0 Å². The molecule has 4 saturated carbocycles. The van der Waals surface area contributed by atoms with Gasteiger partial charge in [0.1, 0.15) is 5.60 Å². The van der Waals surface area contributed by atoms with Crippen molar-refractivity contribution in [2.45, 2.75) is 230 Å². The van der Waals surface area contributed by atoms with E-state index < -0.39 is 11.6 Å². The molecule has 0 aliphatic heterocycles. The zero-order chi connectivity index (χ0) is 39.6. The van der Waals surface area contributed by atoms with Gasteiger partial charge in [-0.1, -0.05) is 126 Å². The molecule has 12 heteroatoms. The van der Waals surface area contributed by atoms with Crippen LogP contribution in [-0.4, -0.2) is 55.0 Å². The molecule has 3 N–H and O–H groups in total. The first-order valence-corrected chi connectivity index (χ1v) is 22.6. The zero-order valence-corrected chi connectivity index (χ0v) is 35.0. The number of rotatable bonds is 20. The normalized spacial score (nSPS) is 20.1. The summed E-state index contributed by atoms with van der Waals surface area (Å²) in [6.45, 7) is 6.96. The minimum atomic E-state index is -0.795. The van der Waals surface area contributed by atoms with Crippen LogP contribution in [0, 0.1) is 11.8 Å². The van der Waals surface area contributed by atoms with Gasteiger partial charge in [0.2, 0.25) is 11.8 Å². The highest BCUT2D eigenvalue weighted by Gasteiger charge is 2.27. The summed E-state index contributed by atoms with van der Waals surface area (Å²) in [6, 6.07) is 1.13. The lowest BCUT2D eigenvalue weighted by Crippen LogP contribution is -2.26. The predicted molar refractivity (Wildman–Crippen MR) is 216 cm³/mol. The molecular formula is C44H74N6O6. The first-order chi connectivity index (χ1) is 27.1. The Balaban J connectivity index is 0.000000216. The number of hydrogen-bond donors (Lipinski definition) is 3. The molecule has 0 spiro atoms. The van der Waals surface area contributed by atoms with E-state index in [0.29, 0.717) is 55.0 Å². The van der Waals surface area contributed by atoms with E-state index in [4.69, 9.17) is 13.8 Å². The largest absolute Gasteiger partial charge is 0.481 e. The van der Waals surface area contributed by atoms with Crippen molar-refractivity contribution in [1.82, 2.24) is 30.9 Å². The first kappa shape index (κ1) is 44.2. The van der Waals surface area contributed by atoms with Crippen LogP contribution < -0.4 is 10.6 Å². The van der Waals surface area contributed by atoms with Crippen molar-refractivity contribution >= 4 is 11.9 Å². The quantitative estimate of drug-likeness (QED) is 0.109. The fraction of sp³-hybridized carbons (Fsp3) is 0.864. The van der Waals surface area contributed by atoms with E-state index >= 15 is 0 Å². The third-order valence-corrected chi connectivity index (χ3v) is 12.5. The smallest absolute Gasteiger partial charge is 0.307 e. The number of carbonyl (C=O) groups excluding carboxylic acids is 1. The monoisotopic (exact) mass is 783 g/mol. The molecule has 56 heavy (non-hydrogen) atoms. The van der Waals surface area contributed by atoms with Gasteiger partial charge in [0.05, 0.1) is 25.9 Å². The van der Waals surface area contributed by atoms with E-state index in [9.17, 15) is 14.7 Å². The summed E-state index contributed by atoms with van der Waals surface area (Å²) >= 11 is 0. The van der Waals surface area contributed by atoms with Gasteiger partial charge < -0.3 is 29.5 Å². The lowest BCUT2D eigenvalue weighted by atomic mass is 9.84. The third-order valence-electron chi connectivity index (χ3n) is 12.5. The highest BCUT2D eigenvalue weighted by Crippen LogP contribution is 2.33. The summed E-state index contributed by atoms with van der Waals surface area (Å²) in [7, 11) is 0. The fourth-order valence-electron chi connectivity index (χ4n) is 9.42. The number of aliphatic carboxylic acids is 1. The van der Waals surface area contributed by atoms with Crippen LogP contribution in [0.3, 0.4) is 0 Å². The molecule has 6 rings (SSSR count). The Labute approximate surface area is 336 Å². The SMILES string of the molecule is CC(C)(C)OC(=O)C[C@@H](CCCC1CCCCC1)c1nc(CNC2CCCC2)no1.O=C(O)C[C@@H](CCCC1CCCCC1)c1nc(CNC2CCCC2)no1. The second kappa shape index (κ2) is 23.5. The molecule has 2 atom stereocenters. The molecule has 0 aromatic carbocycles. The van der Waals surface area contributed by atoms with Gasteiger partial charge in [0.15, 0.2) is 11.6 Å². The molecule has 0 bridgehead atoms. The molecule has 0 amide bonds. The summed E-state index contributed by atoms with van der Waals surface area (Å²) in [5.74, 6) is 2.89.